The summed E-state index contributed by atoms with van der Waals surface area (Å²) in [5.41, 5.74) is 7.66. The third-order valence-corrected chi connectivity index (χ3v) is 6.89. The van der Waals surface area contributed by atoms with Gasteiger partial charge in [-0.1, -0.05) is 48.9 Å². The molecule has 0 saturated heterocycles. The van der Waals surface area contributed by atoms with Crippen molar-refractivity contribution in [2.45, 2.75) is 51.5 Å². The number of carbonyl (C=O) groups is 1. The number of amides is 1. The molecule has 31 heavy (non-hydrogen) atoms. The Hall–Kier alpha value is -2.44. The fourth-order valence-corrected chi connectivity index (χ4v) is 4.65. The molecule has 2 N–H and O–H groups in total. The van der Waals surface area contributed by atoms with E-state index in [9.17, 15) is 4.79 Å². The number of nitrogens with zero attached hydrogens (tertiary/aromatic N) is 2. The molecular formula is C25H31N3O2S. The average Bonchev–Trinajstić information content (AvgIpc) is 3.53. The normalized spacial score (nSPS) is 14.8. The van der Waals surface area contributed by atoms with Gasteiger partial charge in [0.1, 0.15) is 5.75 Å². The van der Waals surface area contributed by atoms with E-state index in [1.807, 2.05) is 37.3 Å². The molecule has 5 nitrogen and oxygen atoms in total. The van der Waals surface area contributed by atoms with Gasteiger partial charge in [0.2, 0.25) is 5.91 Å². The van der Waals surface area contributed by atoms with E-state index in [4.69, 9.17) is 10.5 Å². The van der Waals surface area contributed by atoms with Gasteiger partial charge in [-0.05, 0) is 68.5 Å². The Balaban J connectivity index is 1.24. The number of carbonyl (C=O) groups excluding carboxylic acids is 1. The molecule has 1 fully saturated rings. The van der Waals surface area contributed by atoms with E-state index in [1.165, 1.54) is 18.4 Å². The third-order valence-electron chi connectivity index (χ3n) is 5.97. The van der Waals surface area contributed by atoms with Crippen molar-refractivity contribution in [2.24, 2.45) is 11.7 Å². The van der Waals surface area contributed by atoms with Crippen LogP contribution in [0.5, 0.6) is 10.9 Å². The lowest BCUT2D eigenvalue weighted by Gasteiger charge is -2.22. The molecule has 0 spiro atoms. The van der Waals surface area contributed by atoms with Gasteiger partial charge in [0.25, 0.3) is 5.19 Å². The van der Waals surface area contributed by atoms with Gasteiger partial charge in [0, 0.05) is 18.5 Å². The summed E-state index contributed by atoms with van der Waals surface area (Å²) >= 11 is 1.57. The first-order chi connectivity index (χ1) is 15.1. The maximum absolute atomic E-state index is 11.2. The number of hydrogen-bond donors (Lipinski definition) is 1. The molecule has 2 aromatic carbocycles. The van der Waals surface area contributed by atoms with Gasteiger partial charge < -0.3 is 15.4 Å². The summed E-state index contributed by atoms with van der Waals surface area (Å²) in [6, 6.07) is 17.2. The van der Waals surface area contributed by atoms with Crippen LogP contribution in [0.4, 0.5) is 0 Å². The standard InChI is InChI=1S/C25H31N3O2S/c1-18(24(26)29)6-4-5-16-28(20-11-12-20)17-15-19-9-13-21(14-10-19)30-25-27-22-7-2-3-8-23(22)31-25/h2-3,7-10,13-14,18,20H,4-6,11-12,15-17H2,1H3,(H2,26,29). The highest BCUT2D eigenvalue weighted by Crippen LogP contribution is 2.31. The van der Waals surface area contributed by atoms with Crippen LogP contribution in [0.15, 0.2) is 48.5 Å². The van der Waals surface area contributed by atoms with Gasteiger partial charge >= 0.3 is 0 Å². The Morgan fingerprint density at radius 2 is 1.94 bits per heavy atom. The van der Waals surface area contributed by atoms with Gasteiger partial charge in [-0.15, -0.1) is 0 Å². The fourth-order valence-electron chi connectivity index (χ4n) is 3.82. The monoisotopic (exact) mass is 437 g/mol. The number of ether oxygens (including phenoxy) is 1. The highest BCUT2D eigenvalue weighted by Gasteiger charge is 2.28. The number of primary amides is 1. The molecule has 1 saturated carbocycles. The molecule has 164 valence electrons. The zero-order valence-corrected chi connectivity index (χ0v) is 18.9. The highest BCUT2D eigenvalue weighted by molar-refractivity contribution is 7.20. The molecule has 0 radical (unpaired) electrons. The number of aromatic nitrogens is 1. The first-order valence-electron chi connectivity index (χ1n) is 11.2. The number of thiazole rings is 1. The summed E-state index contributed by atoms with van der Waals surface area (Å²) < 4.78 is 7.10. The summed E-state index contributed by atoms with van der Waals surface area (Å²) in [6.45, 7) is 4.11. The maximum atomic E-state index is 11.2. The Kier molecular flexibility index (Phi) is 7.20. The van der Waals surface area contributed by atoms with Crippen molar-refractivity contribution >= 4 is 27.5 Å². The van der Waals surface area contributed by atoms with Crippen LogP contribution < -0.4 is 10.5 Å². The first-order valence-corrected chi connectivity index (χ1v) is 12.1. The molecule has 0 bridgehead atoms. The van der Waals surface area contributed by atoms with E-state index in [2.05, 4.69) is 28.1 Å². The minimum absolute atomic E-state index is 0.0159. The molecule has 1 aromatic heterocycles. The topological polar surface area (TPSA) is 68.4 Å². The Morgan fingerprint density at radius 3 is 2.65 bits per heavy atom. The minimum Gasteiger partial charge on any atom is -0.431 e. The molecule has 0 aliphatic heterocycles. The number of fused-ring (bicyclic) bond motifs is 1. The van der Waals surface area contributed by atoms with E-state index < -0.39 is 0 Å². The predicted octanol–water partition coefficient (Wildman–Crippen LogP) is 5.39. The van der Waals surface area contributed by atoms with Crippen LogP contribution in [0.25, 0.3) is 10.2 Å². The molecule has 1 atom stereocenters. The highest BCUT2D eigenvalue weighted by atomic mass is 32.1. The molecule has 3 aromatic rings. The van der Waals surface area contributed by atoms with Crippen molar-refractivity contribution in [3.05, 3.63) is 54.1 Å². The van der Waals surface area contributed by atoms with Gasteiger partial charge in [0.15, 0.2) is 0 Å². The molecular weight excluding hydrogens is 406 g/mol. The van der Waals surface area contributed by atoms with Crippen LogP contribution in [0.3, 0.4) is 0 Å². The van der Waals surface area contributed by atoms with E-state index in [-0.39, 0.29) is 11.8 Å². The Bertz CT molecular complexity index is 964. The van der Waals surface area contributed by atoms with Crippen molar-refractivity contribution in [3.8, 4) is 10.9 Å². The van der Waals surface area contributed by atoms with Crippen LogP contribution in [0.1, 0.15) is 44.6 Å². The Morgan fingerprint density at radius 1 is 1.16 bits per heavy atom. The van der Waals surface area contributed by atoms with E-state index in [0.717, 1.165) is 60.8 Å². The third kappa shape index (κ3) is 6.28. The van der Waals surface area contributed by atoms with Gasteiger partial charge in [-0.3, -0.25) is 4.79 Å². The average molecular weight is 438 g/mol. The quantitative estimate of drug-likeness (QED) is 0.386. The van der Waals surface area contributed by atoms with E-state index in [1.54, 1.807) is 11.3 Å². The molecule has 1 heterocycles. The zero-order chi connectivity index (χ0) is 21.6. The fraction of sp³-hybridized carbons (Fsp3) is 0.440. The Labute approximate surface area is 188 Å². The number of benzene rings is 2. The molecule has 4 rings (SSSR count). The van der Waals surface area contributed by atoms with Crippen molar-refractivity contribution in [1.29, 1.82) is 0 Å². The van der Waals surface area contributed by atoms with Crippen LogP contribution in [0, 0.1) is 5.92 Å². The number of para-hydroxylation sites is 1. The number of unbranched alkanes of at least 4 members (excludes halogenated alkanes) is 1. The van der Waals surface area contributed by atoms with Crippen molar-refractivity contribution in [3.63, 3.8) is 0 Å². The molecule has 1 aliphatic rings. The second-order valence-corrected chi connectivity index (χ2v) is 9.50. The smallest absolute Gasteiger partial charge is 0.279 e. The minimum atomic E-state index is -0.186. The van der Waals surface area contributed by atoms with Gasteiger partial charge in [-0.25, -0.2) is 4.98 Å². The maximum Gasteiger partial charge on any atom is 0.279 e. The summed E-state index contributed by atoms with van der Waals surface area (Å²) in [5, 5.41) is 0.680. The van der Waals surface area contributed by atoms with Gasteiger partial charge in [-0.2, -0.15) is 0 Å². The van der Waals surface area contributed by atoms with E-state index in [0.29, 0.717) is 5.19 Å². The molecule has 1 aliphatic carbocycles. The lowest BCUT2D eigenvalue weighted by Crippen LogP contribution is -2.29. The molecule has 1 unspecified atom stereocenters. The molecule has 1 amide bonds. The van der Waals surface area contributed by atoms with Crippen molar-refractivity contribution < 1.29 is 9.53 Å². The van der Waals surface area contributed by atoms with Crippen LogP contribution in [-0.2, 0) is 11.2 Å². The predicted molar refractivity (Wildman–Crippen MR) is 127 cm³/mol. The zero-order valence-electron chi connectivity index (χ0n) is 18.1. The second-order valence-electron chi connectivity index (χ2n) is 8.51. The second kappa shape index (κ2) is 10.2. The number of rotatable bonds is 12. The lowest BCUT2D eigenvalue weighted by atomic mass is 10.0. The number of nitrogens with two attached hydrogens (primary N) is 1. The summed E-state index contributed by atoms with van der Waals surface area (Å²) in [4.78, 5) is 18.3. The summed E-state index contributed by atoms with van der Waals surface area (Å²) in [6.07, 6.45) is 6.74. The number of hydrogen-bond acceptors (Lipinski definition) is 5. The van der Waals surface area contributed by atoms with Crippen molar-refractivity contribution in [1.82, 2.24) is 9.88 Å². The van der Waals surface area contributed by atoms with E-state index >= 15 is 0 Å². The van der Waals surface area contributed by atoms with Crippen molar-refractivity contribution in [2.75, 3.05) is 13.1 Å². The van der Waals surface area contributed by atoms with Crippen LogP contribution >= 0.6 is 11.3 Å². The summed E-state index contributed by atoms with van der Waals surface area (Å²) in [5.74, 6) is 0.623. The van der Waals surface area contributed by atoms with Crippen LogP contribution in [-0.4, -0.2) is 34.9 Å². The SMILES string of the molecule is CC(CCCCN(CCc1ccc(Oc2nc3ccccc3s2)cc1)C1CC1)C(N)=O. The largest absolute Gasteiger partial charge is 0.431 e. The van der Waals surface area contributed by atoms with Gasteiger partial charge in [0.05, 0.1) is 10.2 Å². The molecule has 6 heteroatoms. The van der Waals surface area contributed by atoms with Crippen LogP contribution in [0.2, 0.25) is 0 Å². The lowest BCUT2D eigenvalue weighted by molar-refractivity contribution is -0.121. The first kappa shape index (κ1) is 21.8. The summed E-state index contributed by atoms with van der Waals surface area (Å²) in [7, 11) is 0.